The minimum atomic E-state index is 0.0606. The first kappa shape index (κ1) is 14.3. The Balaban J connectivity index is 1.67. The van der Waals surface area contributed by atoms with Crippen molar-refractivity contribution < 1.29 is 0 Å². The molecule has 0 saturated carbocycles. The van der Waals surface area contributed by atoms with Crippen LogP contribution in [0.4, 0.5) is 0 Å². The fourth-order valence-electron chi connectivity index (χ4n) is 2.27. The molecule has 8 heteroatoms. The van der Waals surface area contributed by atoms with Crippen molar-refractivity contribution >= 4 is 33.3 Å². The molecule has 3 heterocycles. The first-order valence-corrected chi connectivity index (χ1v) is 8.77. The van der Waals surface area contributed by atoms with E-state index in [0.29, 0.717) is 0 Å². The number of tetrazole rings is 1. The van der Waals surface area contributed by atoms with Crippen LogP contribution in [-0.4, -0.2) is 30.2 Å². The van der Waals surface area contributed by atoms with Gasteiger partial charge in [-0.2, -0.15) is 4.68 Å². The van der Waals surface area contributed by atoms with Gasteiger partial charge in [-0.15, -0.1) is 16.4 Å². The van der Waals surface area contributed by atoms with Gasteiger partial charge in [-0.25, -0.2) is 9.97 Å². The van der Waals surface area contributed by atoms with Crippen LogP contribution >= 0.6 is 23.1 Å². The second-order valence-electron chi connectivity index (χ2n) is 4.86. The van der Waals surface area contributed by atoms with Crippen LogP contribution in [0.15, 0.2) is 53.1 Å². The van der Waals surface area contributed by atoms with Gasteiger partial charge in [-0.3, -0.25) is 0 Å². The molecule has 0 saturated heterocycles. The van der Waals surface area contributed by atoms with Crippen molar-refractivity contribution in [3.63, 3.8) is 0 Å². The van der Waals surface area contributed by atoms with Gasteiger partial charge in [0.2, 0.25) is 0 Å². The Morgan fingerprint density at radius 1 is 1.13 bits per heavy atom. The summed E-state index contributed by atoms with van der Waals surface area (Å²) < 4.78 is 2.87. The van der Waals surface area contributed by atoms with Crippen molar-refractivity contribution in [2.75, 3.05) is 0 Å². The van der Waals surface area contributed by atoms with Crippen LogP contribution in [0.2, 0.25) is 0 Å². The minimum absolute atomic E-state index is 0.0606. The number of fused-ring (bicyclic) bond motifs is 1. The molecule has 3 aromatic heterocycles. The third-order valence-electron chi connectivity index (χ3n) is 3.36. The number of thioether (sulfide) groups is 1. The number of benzene rings is 1. The minimum Gasteiger partial charge on any atom is -0.235 e. The lowest BCUT2D eigenvalue weighted by atomic mass is 10.3. The second kappa shape index (κ2) is 6.05. The van der Waals surface area contributed by atoms with Crippen LogP contribution in [0.1, 0.15) is 18.0 Å². The first-order valence-electron chi connectivity index (χ1n) is 7.01. The molecule has 0 aliphatic heterocycles. The van der Waals surface area contributed by atoms with Crippen LogP contribution in [0.3, 0.4) is 0 Å². The third-order valence-corrected chi connectivity index (χ3v) is 5.49. The van der Waals surface area contributed by atoms with Crippen LogP contribution in [0.5, 0.6) is 0 Å². The number of nitrogens with zero attached hydrogens (tertiary/aromatic N) is 6. The molecular formula is C15H12N6S2. The zero-order chi connectivity index (χ0) is 15.6. The fraction of sp³-hybridized carbons (Fsp3) is 0.133. The Bertz CT molecular complexity index is 933. The number of hydrogen-bond donors (Lipinski definition) is 0. The van der Waals surface area contributed by atoms with Gasteiger partial charge in [0.15, 0.2) is 5.82 Å². The summed E-state index contributed by atoms with van der Waals surface area (Å²) in [5.41, 5.74) is 1.92. The highest BCUT2D eigenvalue weighted by Gasteiger charge is 2.19. The molecule has 0 N–H and O–H groups in total. The maximum absolute atomic E-state index is 4.42. The van der Waals surface area contributed by atoms with E-state index in [4.69, 9.17) is 0 Å². The van der Waals surface area contributed by atoms with Crippen LogP contribution in [0.25, 0.3) is 15.9 Å². The normalized spacial score (nSPS) is 12.6. The van der Waals surface area contributed by atoms with Gasteiger partial charge in [0, 0.05) is 0 Å². The molecule has 23 heavy (non-hydrogen) atoms. The maximum Gasteiger partial charge on any atom is 0.169 e. The maximum atomic E-state index is 4.42. The number of hydrogen-bond acceptors (Lipinski definition) is 7. The Hall–Kier alpha value is -2.32. The molecule has 114 valence electrons. The molecule has 0 aliphatic rings. The topological polar surface area (TPSA) is 69.4 Å². The van der Waals surface area contributed by atoms with Crippen molar-refractivity contribution in [1.82, 2.24) is 30.2 Å². The van der Waals surface area contributed by atoms with E-state index in [1.54, 1.807) is 34.1 Å². The van der Waals surface area contributed by atoms with Crippen molar-refractivity contribution in [1.29, 1.82) is 0 Å². The van der Waals surface area contributed by atoms with E-state index in [-0.39, 0.29) is 5.25 Å². The SMILES string of the molecule is CC(Sc1ncnc2ccsc12)c1nnnn1-c1ccccc1. The average molecular weight is 340 g/mol. The van der Waals surface area contributed by atoms with Crippen molar-refractivity contribution in [3.8, 4) is 5.69 Å². The van der Waals surface area contributed by atoms with E-state index in [9.17, 15) is 0 Å². The van der Waals surface area contributed by atoms with Gasteiger partial charge >= 0.3 is 0 Å². The predicted molar refractivity (Wildman–Crippen MR) is 90.8 cm³/mol. The van der Waals surface area contributed by atoms with Crippen LogP contribution < -0.4 is 0 Å². The van der Waals surface area contributed by atoms with E-state index in [1.165, 1.54) is 0 Å². The average Bonchev–Trinajstić information content (AvgIpc) is 3.25. The molecule has 0 amide bonds. The molecular weight excluding hydrogens is 328 g/mol. The molecule has 0 bridgehead atoms. The highest BCUT2D eigenvalue weighted by atomic mass is 32.2. The Morgan fingerprint density at radius 2 is 2.00 bits per heavy atom. The fourth-order valence-corrected chi connectivity index (χ4v) is 4.19. The smallest absolute Gasteiger partial charge is 0.169 e. The second-order valence-corrected chi connectivity index (χ2v) is 7.10. The molecule has 0 fully saturated rings. The van der Waals surface area contributed by atoms with Crippen molar-refractivity contribution in [2.24, 2.45) is 0 Å². The summed E-state index contributed by atoms with van der Waals surface area (Å²) in [6, 6.07) is 11.9. The summed E-state index contributed by atoms with van der Waals surface area (Å²) in [6.45, 7) is 2.08. The lowest BCUT2D eigenvalue weighted by molar-refractivity contribution is 0.762. The van der Waals surface area contributed by atoms with Gasteiger partial charge in [0.1, 0.15) is 11.4 Å². The zero-order valence-corrected chi connectivity index (χ0v) is 13.8. The Morgan fingerprint density at radius 3 is 2.87 bits per heavy atom. The molecule has 1 unspecified atom stereocenters. The van der Waals surface area contributed by atoms with Gasteiger partial charge in [-0.05, 0) is 40.9 Å². The number of para-hydroxylation sites is 1. The summed E-state index contributed by atoms with van der Waals surface area (Å²) in [5, 5.41) is 15.2. The summed E-state index contributed by atoms with van der Waals surface area (Å²) in [4.78, 5) is 8.69. The van der Waals surface area contributed by atoms with Crippen LogP contribution in [-0.2, 0) is 0 Å². The molecule has 6 nitrogen and oxygen atoms in total. The lowest BCUT2D eigenvalue weighted by Gasteiger charge is -2.11. The molecule has 0 spiro atoms. The highest BCUT2D eigenvalue weighted by molar-refractivity contribution is 7.99. The number of thiophene rings is 1. The third kappa shape index (κ3) is 2.71. The van der Waals surface area contributed by atoms with E-state index in [2.05, 4.69) is 32.4 Å². The summed E-state index contributed by atoms with van der Waals surface area (Å²) in [6.07, 6.45) is 1.60. The quantitative estimate of drug-likeness (QED) is 0.418. The summed E-state index contributed by atoms with van der Waals surface area (Å²) in [5.74, 6) is 0.796. The Kier molecular flexibility index (Phi) is 3.76. The van der Waals surface area contributed by atoms with E-state index >= 15 is 0 Å². The summed E-state index contributed by atoms with van der Waals surface area (Å²) in [7, 11) is 0. The van der Waals surface area contributed by atoms with Gasteiger partial charge in [-0.1, -0.05) is 30.0 Å². The number of rotatable bonds is 4. The van der Waals surface area contributed by atoms with E-state index in [1.807, 2.05) is 41.8 Å². The molecule has 1 atom stereocenters. The van der Waals surface area contributed by atoms with E-state index in [0.717, 1.165) is 26.8 Å². The predicted octanol–water partition coefficient (Wildman–Crippen LogP) is 3.52. The van der Waals surface area contributed by atoms with Gasteiger partial charge < -0.3 is 0 Å². The van der Waals surface area contributed by atoms with Gasteiger partial charge in [0.25, 0.3) is 0 Å². The molecule has 1 aromatic carbocycles. The van der Waals surface area contributed by atoms with Crippen molar-refractivity contribution in [3.05, 3.63) is 53.9 Å². The number of aromatic nitrogens is 6. The Labute approximate surface area is 140 Å². The summed E-state index contributed by atoms with van der Waals surface area (Å²) >= 11 is 3.29. The lowest BCUT2D eigenvalue weighted by Crippen LogP contribution is -2.05. The molecule has 4 rings (SSSR count). The van der Waals surface area contributed by atoms with E-state index < -0.39 is 0 Å². The first-order chi connectivity index (χ1) is 11.3. The largest absolute Gasteiger partial charge is 0.235 e. The standard InChI is InChI=1S/C15H12N6S2/c1-10(23-15-13-12(7-8-22-13)16-9-17-15)14-18-19-20-21(14)11-5-3-2-4-6-11/h2-10H,1H3. The van der Waals surface area contributed by atoms with Crippen molar-refractivity contribution in [2.45, 2.75) is 17.2 Å². The highest BCUT2D eigenvalue weighted by Crippen LogP contribution is 2.37. The van der Waals surface area contributed by atoms with Crippen LogP contribution in [0, 0.1) is 0 Å². The monoisotopic (exact) mass is 340 g/mol. The van der Waals surface area contributed by atoms with Gasteiger partial charge in [0.05, 0.1) is 21.2 Å². The zero-order valence-electron chi connectivity index (χ0n) is 12.2. The molecule has 0 radical (unpaired) electrons. The molecule has 4 aromatic rings. The molecule has 0 aliphatic carbocycles.